The average Bonchev–Trinajstić information content (AvgIpc) is 2.79. The van der Waals surface area contributed by atoms with E-state index in [0.717, 1.165) is 16.3 Å². The van der Waals surface area contributed by atoms with Crippen LogP contribution in [0.1, 0.15) is 30.6 Å². The predicted molar refractivity (Wildman–Crippen MR) is 141 cm³/mol. The van der Waals surface area contributed by atoms with Crippen molar-refractivity contribution in [2.24, 2.45) is 0 Å². The summed E-state index contributed by atoms with van der Waals surface area (Å²) in [6, 6.07) is 18.1. The first-order valence-corrected chi connectivity index (χ1v) is 11.9. The van der Waals surface area contributed by atoms with Gasteiger partial charge in [0.05, 0.1) is 10.3 Å². The largest absolute Gasteiger partial charge is 0.332 e. The lowest BCUT2D eigenvalue weighted by atomic mass is 10.1. The maximum absolute atomic E-state index is 12.7. The fourth-order valence-corrected chi connectivity index (χ4v) is 4.23. The first kappa shape index (κ1) is 24.7. The third-order valence-corrected chi connectivity index (χ3v) is 6.35. The van der Waals surface area contributed by atoms with Crippen molar-refractivity contribution in [3.05, 3.63) is 77.4 Å². The molecule has 0 bridgehead atoms. The molecule has 3 N–H and O–H groups in total. The molecule has 1 unspecified atom stereocenters. The van der Waals surface area contributed by atoms with Crippen LogP contribution in [0.3, 0.4) is 0 Å². The lowest BCUT2D eigenvalue weighted by molar-refractivity contribution is -0.115. The fraction of sp³-hybridized carbons (Fsp3) is 0.167. The van der Waals surface area contributed by atoms with Crippen molar-refractivity contribution in [2.75, 3.05) is 16.0 Å². The summed E-state index contributed by atoms with van der Waals surface area (Å²) in [5.74, 6) is 0.355. The van der Waals surface area contributed by atoms with Crippen molar-refractivity contribution in [1.29, 1.82) is 0 Å². The van der Waals surface area contributed by atoms with Gasteiger partial charge in [-0.3, -0.25) is 9.59 Å². The molecule has 3 aromatic rings. The smallest absolute Gasteiger partial charge is 0.239 e. The summed E-state index contributed by atoms with van der Waals surface area (Å²) in [6.45, 7) is 3.49. The zero-order valence-electron chi connectivity index (χ0n) is 18.1. The van der Waals surface area contributed by atoms with E-state index < -0.39 is 0 Å². The molecule has 0 fully saturated rings. The number of rotatable bonds is 8. The van der Waals surface area contributed by atoms with Gasteiger partial charge in [0.15, 0.2) is 10.9 Å². The van der Waals surface area contributed by atoms with E-state index in [1.54, 1.807) is 36.4 Å². The molecule has 2 aromatic carbocycles. The van der Waals surface area contributed by atoms with Crippen LogP contribution in [0.5, 0.6) is 0 Å². The van der Waals surface area contributed by atoms with E-state index in [9.17, 15) is 9.59 Å². The van der Waals surface area contributed by atoms with E-state index >= 15 is 0 Å². The molecule has 0 aliphatic heterocycles. The van der Waals surface area contributed by atoms with Gasteiger partial charge >= 0.3 is 0 Å². The number of thiocarbonyl (C=S) groups is 1. The molecule has 0 aliphatic rings. The number of hydrogen-bond donors (Lipinski definition) is 3. The third kappa shape index (κ3) is 7.56. The summed E-state index contributed by atoms with van der Waals surface area (Å²) in [6.07, 6.45) is 2.15. The molecule has 1 atom stereocenters. The van der Waals surface area contributed by atoms with E-state index in [2.05, 4.69) is 20.9 Å². The molecular formula is C24H23ClN4O2S2. The summed E-state index contributed by atoms with van der Waals surface area (Å²) < 4.78 is 0. The minimum absolute atomic E-state index is 0.0139. The van der Waals surface area contributed by atoms with E-state index in [1.807, 2.05) is 31.2 Å². The highest BCUT2D eigenvalue weighted by molar-refractivity contribution is 8.00. The van der Waals surface area contributed by atoms with Crippen LogP contribution in [-0.2, 0) is 4.79 Å². The first-order valence-electron chi connectivity index (χ1n) is 10.2. The van der Waals surface area contributed by atoms with E-state index in [0.29, 0.717) is 27.9 Å². The second-order valence-electron chi connectivity index (χ2n) is 7.11. The quantitative estimate of drug-likeness (QED) is 0.192. The number of nitrogens with one attached hydrogen (secondary N) is 3. The summed E-state index contributed by atoms with van der Waals surface area (Å²) in [5, 5.41) is 9.72. The molecule has 0 radical (unpaired) electrons. The number of halogens is 1. The van der Waals surface area contributed by atoms with Gasteiger partial charge in [-0.1, -0.05) is 24.6 Å². The van der Waals surface area contributed by atoms with Crippen LogP contribution < -0.4 is 16.0 Å². The van der Waals surface area contributed by atoms with Crippen molar-refractivity contribution >= 4 is 69.6 Å². The molecule has 33 heavy (non-hydrogen) atoms. The number of carbonyl (C=O) groups excluding carboxylic acids is 2. The predicted octanol–water partition coefficient (Wildman–Crippen LogP) is 6.26. The minimum atomic E-state index is -0.289. The number of thioether (sulfide) groups is 1. The number of hydrogen-bond acceptors (Lipinski definition) is 5. The number of carbonyl (C=O) groups is 2. The van der Waals surface area contributed by atoms with Gasteiger partial charge in [0.25, 0.3) is 0 Å². The molecular weight excluding hydrogens is 476 g/mol. The van der Waals surface area contributed by atoms with Crippen LogP contribution in [0.25, 0.3) is 0 Å². The number of ketones is 1. The van der Waals surface area contributed by atoms with E-state index in [1.165, 1.54) is 24.9 Å². The first-order chi connectivity index (χ1) is 15.8. The maximum atomic E-state index is 12.7. The van der Waals surface area contributed by atoms with Crippen molar-refractivity contribution in [3.63, 3.8) is 0 Å². The molecule has 1 heterocycles. The molecule has 9 heteroatoms. The van der Waals surface area contributed by atoms with Crippen LogP contribution >= 0.6 is 35.6 Å². The van der Waals surface area contributed by atoms with Gasteiger partial charge in [-0.15, -0.1) is 11.8 Å². The van der Waals surface area contributed by atoms with Gasteiger partial charge in [0, 0.05) is 28.0 Å². The molecule has 6 nitrogen and oxygen atoms in total. The van der Waals surface area contributed by atoms with E-state index in [-0.39, 0.29) is 16.9 Å². The monoisotopic (exact) mass is 498 g/mol. The van der Waals surface area contributed by atoms with Crippen molar-refractivity contribution in [3.8, 4) is 0 Å². The van der Waals surface area contributed by atoms with Crippen molar-refractivity contribution < 1.29 is 9.59 Å². The van der Waals surface area contributed by atoms with E-state index in [4.69, 9.17) is 23.8 Å². The van der Waals surface area contributed by atoms with Crippen LogP contribution in [-0.4, -0.2) is 27.0 Å². The number of anilines is 3. The molecule has 1 amide bonds. The fourth-order valence-electron chi connectivity index (χ4n) is 2.87. The zero-order chi connectivity index (χ0) is 23.8. The van der Waals surface area contributed by atoms with Gasteiger partial charge in [-0.05, 0) is 80.2 Å². The van der Waals surface area contributed by atoms with Crippen LogP contribution in [0.2, 0.25) is 5.02 Å². The molecule has 0 saturated carbocycles. The highest BCUT2D eigenvalue weighted by Gasteiger charge is 2.18. The Morgan fingerprint density at radius 2 is 1.76 bits per heavy atom. The Labute approximate surface area is 207 Å². The SMILES string of the molecule is CCC(Sc1cccc(NC(=S)Nc2ccc(C(C)=O)cc2)c1)C(=O)Nc1ccc(Cl)cn1. The third-order valence-electron chi connectivity index (χ3n) is 4.56. The Hall–Kier alpha value is -2.94. The second kappa shape index (κ2) is 11.8. The van der Waals surface area contributed by atoms with Crippen LogP contribution in [0.4, 0.5) is 17.2 Å². The Morgan fingerprint density at radius 1 is 1.03 bits per heavy atom. The standard InChI is InChI=1S/C24H23ClN4O2S2/c1-3-21(23(31)29-22-12-9-17(25)14-26-22)33-20-6-4-5-19(13-20)28-24(32)27-18-10-7-16(8-11-18)15(2)30/h4-14,21H,3H2,1-2H3,(H,26,29,31)(H2,27,28,32). The van der Waals surface area contributed by atoms with Crippen LogP contribution in [0.15, 0.2) is 71.8 Å². The van der Waals surface area contributed by atoms with Gasteiger partial charge in [-0.2, -0.15) is 0 Å². The summed E-state index contributed by atoms with van der Waals surface area (Å²) in [7, 11) is 0. The number of pyridine rings is 1. The summed E-state index contributed by atoms with van der Waals surface area (Å²) in [5.41, 5.74) is 2.22. The number of amides is 1. The summed E-state index contributed by atoms with van der Waals surface area (Å²) in [4.78, 5) is 29.1. The lowest BCUT2D eigenvalue weighted by Gasteiger charge is -2.16. The number of benzene rings is 2. The normalized spacial score (nSPS) is 11.4. The zero-order valence-corrected chi connectivity index (χ0v) is 20.5. The highest BCUT2D eigenvalue weighted by atomic mass is 35.5. The molecule has 1 aromatic heterocycles. The number of Topliss-reactive ketones (excluding diaryl/α,β-unsaturated/α-hetero) is 1. The van der Waals surface area contributed by atoms with Crippen molar-refractivity contribution in [2.45, 2.75) is 30.4 Å². The number of aromatic nitrogens is 1. The lowest BCUT2D eigenvalue weighted by Crippen LogP contribution is -2.25. The Kier molecular flexibility index (Phi) is 8.82. The molecule has 0 spiro atoms. The minimum Gasteiger partial charge on any atom is -0.332 e. The Bertz CT molecular complexity index is 1140. The van der Waals surface area contributed by atoms with Gasteiger partial charge < -0.3 is 16.0 Å². The number of nitrogens with zero attached hydrogens (tertiary/aromatic N) is 1. The van der Waals surface area contributed by atoms with Crippen LogP contribution in [0, 0.1) is 0 Å². The second-order valence-corrected chi connectivity index (χ2v) is 9.23. The molecule has 0 saturated heterocycles. The molecule has 3 rings (SSSR count). The average molecular weight is 499 g/mol. The molecule has 0 aliphatic carbocycles. The van der Waals surface area contributed by atoms with Gasteiger partial charge in [0.1, 0.15) is 5.82 Å². The van der Waals surface area contributed by atoms with Gasteiger partial charge in [-0.25, -0.2) is 4.98 Å². The highest BCUT2D eigenvalue weighted by Crippen LogP contribution is 2.28. The summed E-state index contributed by atoms with van der Waals surface area (Å²) >= 11 is 12.7. The maximum Gasteiger partial charge on any atom is 0.239 e. The topological polar surface area (TPSA) is 83.1 Å². The Morgan fingerprint density at radius 3 is 2.39 bits per heavy atom. The molecule has 170 valence electrons. The van der Waals surface area contributed by atoms with Crippen molar-refractivity contribution in [1.82, 2.24) is 4.98 Å². The Balaban J connectivity index is 1.59. The van der Waals surface area contributed by atoms with Gasteiger partial charge in [0.2, 0.25) is 5.91 Å².